The Kier molecular flexibility index (Phi) is 4.26. The van der Waals surface area contributed by atoms with Gasteiger partial charge in [0, 0.05) is 39.3 Å². The minimum absolute atomic E-state index is 1.32. The second-order valence-corrected chi connectivity index (χ2v) is 4.61. The molecule has 0 N–H and O–H groups in total. The average molecular weight is 195 g/mol. The third kappa shape index (κ3) is 3.25. The largest absolute Gasteiger partial charge is 0.300 e. The smallest absolute Gasteiger partial charge is 0.0110 e. The Morgan fingerprint density at radius 3 is 1.14 bits per heavy atom. The van der Waals surface area contributed by atoms with Gasteiger partial charge in [0.15, 0.2) is 0 Å². The van der Waals surface area contributed by atoms with Gasteiger partial charge in [-0.2, -0.15) is 0 Å². The normalized spacial score (nSPS) is 36.0. The van der Waals surface area contributed by atoms with E-state index < -0.39 is 0 Å². The Hall–Kier alpha value is -0.0800. The van der Waals surface area contributed by atoms with Crippen molar-refractivity contribution in [3.63, 3.8) is 0 Å². The van der Waals surface area contributed by atoms with Gasteiger partial charge in [0.05, 0.1) is 0 Å². The molecule has 1 saturated carbocycles. The van der Waals surface area contributed by atoms with Crippen molar-refractivity contribution in [2.24, 2.45) is 0 Å². The molecule has 1 radical (unpaired) electrons. The highest BCUT2D eigenvalue weighted by atomic mass is 15.3. The van der Waals surface area contributed by atoms with Gasteiger partial charge in [0.25, 0.3) is 0 Å². The SMILES string of the molecule is C1CN2CCN1CC2.[CH]1CCCCC1. The van der Waals surface area contributed by atoms with Gasteiger partial charge >= 0.3 is 0 Å². The average Bonchev–Trinajstić information content (AvgIpc) is 2.35. The van der Waals surface area contributed by atoms with Crippen LogP contribution in [0.3, 0.4) is 0 Å². The molecule has 0 spiro atoms. The number of piperazine rings is 3. The van der Waals surface area contributed by atoms with Crippen LogP contribution < -0.4 is 0 Å². The van der Waals surface area contributed by atoms with Gasteiger partial charge < -0.3 is 0 Å². The van der Waals surface area contributed by atoms with Crippen molar-refractivity contribution in [3.8, 4) is 0 Å². The zero-order valence-electron chi connectivity index (χ0n) is 9.25. The standard InChI is InChI=1S/C6H12N2.C6H11/c1-2-8-5-3-7(1)4-6-8;1-2-4-6-5-3-1/h1-6H2;1H,2-6H2. The topological polar surface area (TPSA) is 6.48 Å². The quantitative estimate of drug-likeness (QED) is 0.581. The zero-order chi connectivity index (χ0) is 9.64. The van der Waals surface area contributed by atoms with E-state index in [0.717, 1.165) is 0 Å². The minimum Gasteiger partial charge on any atom is -0.300 e. The van der Waals surface area contributed by atoms with E-state index in [2.05, 4.69) is 16.2 Å². The summed E-state index contributed by atoms with van der Waals surface area (Å²) in [6.45, 7) is 7.92. The third-order valence-electron chi connectivity index (χ3n) is 3.51. The van der Waals surface area contributed by atoms with Gasteiger partial charge in [-0.1, -0.05) is 32.1 Å². The molecule has 3 heterocycles. The molecule has 14 heavy (non-hydrogen) atoms. The predicted octanol–water partition coefficient (Wildman–Crippen LogP) is 1.77. The lowest BCUT2D eigenvalue weighted by Crippen LogP contribution is -2.55. The number of rotatable bonds is 0. The summed E-state index contributed by atoms with van der Waals surface area (Å²) in [7, 11) is 0. The first kappa shape index (κ1) is 10.4. The van der Waals surface area contributed by atoms with Crippen LogP contribution in [0.1, 0.15) is 32.1 Å². The Balaban J connectivity index is 0.000000112. The fourth-order valence-electron chi connectivity index (χ4n) is 2.42. The van der Waals surface area contributed by atoms with Crippen molar-refractivity contribution in [1.29, 1.82) is 0 Å². The van der Waals surface area contributed by atoms with Crippen LogP contribution in [0.5, 0.6) is 0 Å². The van der Waals surface area contributed by atoms with Crippen LogP contribution in [0.4, 0.5) is 0 Å². The molecule has 3 saturated heterocycles. The van der Waals surface area contributed by atoms with Gasteiger partial charge in [-0.3, -0.25) is 9.80 Å². The molecule has 3 aliphatic heterocycles. The number of hydrogen-bond acceptors (Lipinski definition) is 2. The summed E-state index contributed by atoms with van der Waals surface area (Å²) in [4.78, 5) is 5.08. The molecular formula is C12H23N2. The third-order valence-corrected chi connectivity index (χ3v) is 3.51. The van der Waals surface area contributed by atoms with Gasteiger partial charge in [-0.05, 0) is 6.42 Å². The van der Waals surface area contributed by atoms with Crippen molar-refractivity contribution >= 4 is 0 Å². The first-order valence-corrected chi connectivity index (χ1v) is 6.21. The molecule has 0 aromatic rings. The van der Waals surface area contributed by atoms with E-state index in [9.17, 15) is 0 Å². The lowest BCUT2D eigenvalue weighted by atomic mass is 10.0. The highest BCUT2D eigenvalue weighted by Gasteiger charge is 2.21. The second-order valence-electron chi connectivity index (χ2n) is 4.61. The van der Waals surface area contributed by atoms with Crippen LogP contribution in [0.25, 0.3) is 0 Å². The molecule has 2 heteroatoms. The van der Waals surface area contributed by atoms with E-state index in [1.54, 1.807) is 0 Å². The van der Waals surface area contributed by atoms with E-state index in [4.69, 9.17) is 0 Å². The maximum absolute atomic E-state index is 2.54. The molecule has 4 fully saturated rings. The number of hydrogen-bond donors (Lipinski definition) is 0. The van der Waals surface area contributed by atoms with E-state index in [1.807, 2.05) is 0 Å². The van der Waals surface area contributed by atoms with Gasteiger partial charge in [0.1, 0.15) is 0 Å². The van der Waals surface area contributed by atoms with Gasteiger partial charge in [-0.15, -0.1) is 0 Å². The summed E-state index contributed by atoms with van der Waals surface area (Å²) in [5, 5.41) is 0. The van der Waals surface area contributed by atoms with Crippen LogP contribution in [0.15, 0.2) is 0 Å². The fraction of sp³-hybridized carbons (Fsp3) is 0.917. The molecule has 0 amide bonds. The maximum atomic E-state index is 2.54. The maximum Gasteiger partial charge on any atom is 0.0110 e. The monoisotopic (exact) mass is 195 g/mol. The molecule has 2 bridgehead atoms. The number of fused-ring (bicyclic) bond motifs is 3. The molecule has 2 nitrogen and oxygen atoms in total. The number of nitrogens with zero attached hydrogens (tertiary/aromatic N) is 2. The van der Waals surface area contributed by atoms with E-state index in [1.165, 1.54) is 71.4 Å². The van der Waals surface area contributed by atoms with E-state index in [-0.39, 0.29) is 0 Å². The molecular weight excluding hydrogens is 172 g/mol. The lowest BCUT2D eigenvalue weighted by molar-refractivity contribution is 0.0647. The molecule has 4 aliphatic rings. The summed E-state index contributed by atoms with van der Waals surface area (Å²) in [5.41, 5.74) is 0. The van der Waals surface area contributed by atoms with E-state index >= 15 is 0 Å². The predicted molar refractivity (Wildman–Crippen MR) is 60.3 cm³/mol. The van der Waals surface area contributed by atoms with Crippen molar-refractivity contribution in [2.45, 2.75) is 32.1 Å². The summed E-state index contributed by atoms with van der Waals surface area (Å²) in [6.07, 6.45) is 9.50. The van der Waals surface area contributed by atoms with Crippen molar-refractivity contribution in [1.82, 2.24) is 9.80 Å². The van der Waals surface area contributed by atoms with Crippen LogP contribution in [-0.2, 0) is 0 Å². The Labute approximate surface area is 88.3 Å². The molecule has 0 aromatic heterocycles. The van der Waals surface area contributed by atoms with Crippen LogP contribution >= 0.6 is 0 Å². The summed E-state index contributed by atoms with van der Waals surface area (Å²) in [5.74, 6) is 0. The Morgan fingerprint density at radius 1 is 0.571 bits per heavy atom. The Morgan fingerprint density at radius 2 is 1.00 bits per heavy atom. The van der Waals surface area contributed by atoms with Crippen LogP contribution in [-0.4, -0.2) is 49.1 Å². The molecule has 1 aliphatic carbocycles. The van der Waals surface area contributed by atoms with Gasteiger partial charge in [-0.25, -0.2) is 0 Å². The van der Waals surface area contributed by atoms with Gasteiger partial charge in [0.2, 0.25) is 0 Å². The second kappa shape index (κ2) is 5.72. The lowest BCUT2D eigenvalue weighted by Gasteiger charge is -2.41. The van der Waals surface area contributed by atoms with Crippen molar-refractivity contribution in [3.05, 3.63) is 6.42 Å². The van der Waals surface area contributed by atoms with Crippen LogP contribution in [0.2, 0.25) is 0 Å². The van der Waals surface area contributed by atoms with E-state index in [0.29, 0.717) is 0 Å². The molecule has 81 valence electrons. The minimum atomic E-state index is 1.32. The molecule has 0 atom stereocenters. The molecule has 0 unspecified atom stereocenters. The molecule has 0 aromatic carbocycles. The first-order valence-electron chi connectivity index (χ1n) is 6.21. The fourth-order valence-corrected chi connectivity index (χ4v) is 2.42. The van der Waals surface area contributed by atoms with Crippen molar-refractivity contribution < 1.29 is 0 Å². The summed E-state index contributed by atoms with van der Waals surface area (Å²) in [6, 6.07) is 0. The summed E-state index contributed by atoms with van der Waals surface area (Å²) < 4.78 is 0. The molecule has 4 rings (SSSR count). The highest BCUT2D eigenvalue weighted by molar-refractivity contribution is 4.78. The van der Waals surface area contributed by atoms with Crippen molar-refractivity contribution in [2.75, 3.05) is 39.3 Å². The first-order chi connectivity index (χ1) is 6.95. The zero-order valence-corrected chi connectivity index (χ0v) is 9.25. The highest BCUT2D eigenvalue weighted by Crippen LogP contribution is 2.14. The summed E-state index contributed by atoms with van der Waals surface area (Å²) >= 11 is 0. The Bertz CT molecular complexity index is 112. The van der Waals surface area contributed by atoms with Crippen LogP contribution in [0, 0.1) is 6.42 Å².